The standard InChI is InChI=1S/C10H11F3N2O/c1-7-2-4-8(5-3-7)15-9(16)14-6-10(11,12)13/h2-5H,6H2,1H3,(H2,14,15,16). The fourth-order valence-electron chi connectivity index (χ4n) is 0.993. The van der Waals surface area contributed by atoms with Crippen LogP contribution in [-0.4, -0.2) is 18.8 Å². The highest BCUT2D eigenvalue weighted by Crippen LogP contribution is 2.12. The maximum absolute atomic E-state index is 11.8. The van der Waals surface area contributed by atoms with Crippen LogP contribution in [0.3, 0.4) is 0 Å². The van der Waals surface area contributed by atoms with Gasteiger partial charge >= 0.3 is 12.2 Å². The Balaban J connectivity index is 2.43. The van der Waals surface area contributed by atoms with E-state index in [0.717, 1.165) is 5.56 Å². The third-order valence-corrected chi connectivity index (χ3v) is 1.76. The van der Waals surface area contributed by atoms with Crippen molar-refractivity contribution >= 4 is 11.7 Å². The van der Waals surface area contributed by atoms with Crippen LogP contribution < -0.4 is 10.6 Å². The van der Waals surface area contributed by atoms with Gasteiger partial charge in [-0.15, -0.1) is 0 Å². The lowest BCUT2D eigenvalue weighted by atomic mass is 10.2. The number of aryl methyl sites for hydroxylation is 1. The number of hydrogen-bond acceptors (Lipinski definition) is 1. The number of carbonyl (C=O) groups excluding carboxylic acids is 1. The third-order valence-electron chi connectivity index (χ3n) is 1.76. The van der Waals surface area contributed by atoms with E-state index in [1.807, 2.05) is 6.92 Å². The van der Waals surface area contributed by atoms with E-state index in [1.165, 1.54) is 0 Å². The summed E-state index contributed by atoms with van der Waals surface area (Å²) in [5.41, 5.74) is 1.45. The second kappa shape index (κ2) is 4.87. The quantitative estimate of drug-likeness (QED) is 0.808. The summed E-state index contributed by atoms with van der Waals surface area (Å²) in [6, 6.07) is 5.85. The summed E-state index contributed by atoms with van der Waals surface area (Å²) in [4.78, 5) is 11.0. The van der Waals surface area contributed by atoms with Crippen LogP contribution in [0.2, 0.25) is 0 Å². The van der Waals surface area contributed by atoms with Crippen molar-refractivity contribution in [1.82, 2.24) is 5.32 Å². The van der Waals surface area contributed by atoms with Gasteiger partial charge in [-0.1, -0.05) is 17.7 Å². The average molecular weight is 232 g/mol. The number of rotatable bonds is 2. The second-order valence-corrected chi connectivity index (χ2v) is 3.29. The highest BCUT2D eigenvalue weighted by molar-refractivity contribution is 5.89. The molecule has 0 heterocycles. The molecule has 0 aromatic heterocycles. The Morgan fingerprint density at radius 1 is 1.25 bits per heavy atom. The minimum absolute atomic E-state index is 0.449. The largest absolute Gasteiger partial charge is 0.405 e. The van der Waals surface area contributed by atoms with Crippen molar-refractivity contribution in [3.63, 3.8) is 0 Å². The molecule has 0 aliphatic heterocycles. The van der Waals surface area contributed by atoms with E-state index in [-0.39, 0.29) is 0 Å². The summed E-state index contributed by atoms with van der Waals surface area (Å²) < 4.78 is 35.3. The summed E-state index contributed by atoms with van der Waals surface area (Å²) >= 11 is 0. The molecule has 16 heavy (non-hydrogen) atoms. The van der Waals surface area contributed by atoms with Crippen molar-refractivity contribution in [2.75, 3.05) is 11.9 Å². The molecule has 0 aliphatic rings. The van der Waals surface area contributed by atoms with Gasteiger partial charge in [-0.2, -0.15) is 13.2 Å². The van der Waals surface area contributed by atoms with E-state index in [4.69, 9.17) is 0 Å². The monoisotopic (exact) mass is 232 g/mol. The zero-order chi connectivity index (χ0) is 12.2. The van der Waals surface area contributed by atoms with Gasteiger partial charge in [0.1, 0.15) is 6.54 Å². The number of alkyl halides is 3. The van der Waals surface area contributed by atoms with E-state index in [9.17, 15) is 18.0 Å². The second-order valence-electron chi connectivity index (χ2n) is 3.29. The predicted molar refractivity (Wildman–Crippen MR) is 54.3 cm³/mol. The first-order valence-electron chi connectivity index (χ1n) is 4.55. The number of amides is 2. The predicted octanol–water partition coefficient (Wildman–Crippen LogP) is 2.68. The lowest BCUT2D eigenvalue weighted by Crippen LogP contribution is -2.36. The molecule has 0 fully saturated rings. The molecule has 0 saturated carbocycles. The first-order chi connectivity index (χ1) is 7.37. The van der Waals surface area contributed by atoms with Crippen LogP contribution in [0.4, 0.5) is 23.7 Å². The zero-order valence-corrected chi connectivity index (χ0v) is 8.56. The molecule has 0 saturated heterocycles. The number of carbonyl (C=O) groups is 1. The SMILES string of the molecule is Cc1ccc(NC(=O)NCC(F)(F)F)cc1. The maximum atomic E-state index is 11.8. The Labute approximate surface area is 90.6 Å². The molecule has 1 aromatic carbocycles. The van der Waals surface area contributed by atoms with Gasteiger partial charge in [0.2, 0.25) is 0 Å². The minimum atomic E-state index is -4.40. The normalized spacial score (nSPS) is 11.0. The summed E-state index contributed by atoms with van der Waals surface area (Å²) in [7, 11) is 0. The first-order valence-corrected chi connectivity index (χ1v) is 4.55. The number of nitrogens with one attached hydrogen (secondary N) is 2. The Bertz CT molecular complexity index is 359. The van der Waals surface area contributed by atoms with E-state index in [2.05, 4.69) is 5.32 Å². The number of benzene rings is 1. The number of hydrogen-bond donors (Lipinski definition) is 2. The van der Waals surface area contributed by atoms with Gasteiger partial charge in [0, 0.05) is 5.69 Å². The minimum Gasteiger partial charge on any atom is -0.329 e. The Morgan fingerprint density at radius 3 is 2.31 bits per heavy atom. The molecule has 0 atom stereocenters. The fraction of sp³-hybridized carbons (Fsp3) is 0.300. The van der Waals surface area contributed by atoms with Crippen LogP contribution in [0.1, 0.15) is 5.56 Å². The van der Waals surface area contributed by atoms with Crippen molar-refractivity contribution in [3.05, 3.63) is 29.8 Å². The van der Waals surface area contributed by atoms with Gasteiger partial charge in [-0.05, 0) is 19.1 Å². The molecule has 0 aliphatic carbocycles. The van der Waals surface area contributed by atoms with E-state index >= 15 is 0 Å². The number of urea groups is 1. The molecule has 0 radical (unpaired) electrons. The van der Waals surface area contributed by atoms with Gasteiger partial charge in [0.15, 0.2) is 0 Å². The fourth-order valence-corrected chi connectivity index (χ4v) is 0.993. The van der Waals surface area contributed by atoms with Gasteiger partial charge < -0.3 is 10.6 Å². The molecular formula is C10H11F3N2O. The van der Waals surface area contributed by atoms with Gasteiger partial charge in [0.25, 0.3) is 0 Å². The Hall–Kier alpha value is -1.72. The molecule has 0 spiro atoms. The van der Waals surface area contributed by atoms with Crippen LogP contribution in [0, 0.1) is 6.92 Å². The lowest BCUT2D eigenvalue weighted by Gasteiger charge is -2.09. The summed E-state index contributed by atoms with van der Waals surface area (Å²) in [5.74, 6) is 0. The van der Waals surface area contributed by atoms with Crippen LogP contribution in [0.15, 0.2) is 24.3 Å². The number of anilines is 1. The van der Waals surface area contributed by atoms with Crippen LogP contribution in [-0.2, 0) is 0 Å². The topological polar surface area (TPSA) is 41.1 Å². The highest BCUT2D eigenvalue weighted by Gasteiger charge is 2.27. The molecular weight excluding hydrogens is 221 g/mol. The molecule has 1 aromatic rings. The molecule has 3 nitrogen and oxygen atoms in total. The molecule has 88 valence electrons. The van der Waals surface area contributed by atoms with Gasteiger partial charge in [-0.25, -0.2) is 4.79 Å². The van der Waals surface area contributed by atoms with E-state index in [0.29, 0.717) is 5.69 Å². The highest BCUT2D eigenvalue weighted by atomic mass is 19.4. The van der Waals surface area contributed by atoms with Crippen molar-refractivity contribution in [3.8, 4) is 0 Å². The van der Waals surface area contributed by atoms with Crippen LogP contribution >= 0.6 is 0 Å². The maximum Gasteiger partial charge on any atom is 0.405 e. The smallest absolute Gasteiger partial charge is 0.329 e. The lowest BCUT2D eigenvalue weighted by molar-refractivity contribution is -0.122. The van der Waals surface area contributed by atoms with Gasteiger partial charge in [-0.3, -0.25) is 0 Å². The Kier molecular flexibility index (Phi) is 3.76. The van der Waals surface area contributed by atoms with E-state index < -0.39 is 18.8 Å². The molecule has 0 bridgehead atoms. The molecule has 1 rings (SSSR count). The van der Waals surface area contributed by atoms with Crippen molar-refractivity contribution in [1.29, 1.82) is 0 Å². The molecule has 2 amide bonds. The van der Waals surface area contributed by atoms with Crippen LogP contribution in [0.25, 0.3) is 0 Å². The molecule has 2 N–H and O–H groups in total. The van der Waals surface area contributed by atoms with Crippen molar-refractivity contribution < 1.29 is 18.0 Å². The zero-order valence-electron chi connectivity index (χ0n) is 8.56. The summed E-state index contributed by atoms with van der Waals surface area (Å²) in [5, 5.41) is 4.00. The van der Waals surface area contributed by atoms with Crippen LogP contribution in [0.5, 0.6) is 0 Å². The van der Waals surface area contributed by atoms with Gasteiger partial charge in [0.05, 0.1) is 0 Å². The van der Waals surface area contributed by atoms with E-state index in [1.54, 1.807) is 29.6 Å². The summed E-state index contributed by atoms with van der Waals surface area (Å²) in [6.07, 6.45) is -4.40. The number of halogens is 3. The molecule has 0 unspecified atom stereocenters. The molecule has 6 heteroatoms. The van der Waals surface area contributed by atoms with Crippen molar-refractivity contribution in [2.45, 2.75) is 13.1 Å². The Morgan fingerprint density at radius 2 is 1.81 bits per heavy atom. The first kappa shape index (κ1) is 12.4. The average Bonchev–Trinajstić information content (AvgIpc) is 2.18. The van der Waals surface area contributed by atoms with Crippen molar-refractivity contribution in [2.24, 2.45) is 0 Å². The summed E-state index contributed by atoms with van der Waals surface area (Å²) in [6.45, 7) is 0.526. The third kappa shape index (κ3) is 4.68.